The molecule has 0 saturated carbocycles. The lowest BCUT2D eigenvalue weighted by Crippen LogP contribution is -2.08. The number of fused-ring (bicyclic) bond motifs is 1. The summed E-state index contributed by atoms with van der Waals surface area (Å²) < 4.78 is 5.22. The van der Waals surface area contributed by atoms with Crippen LogP contribution in [0.2, 0.25) is 0 Å². The Balaban J connectivity index is 2.34. The molecule has 18 heavy (non-hydrogen) atoms. The van der Waals surface area contributed by atoms with Gasteiger partial charge in [0.05, 0.1) is 6.61 Å². The maximum atomic E-state index is 12.0. The van der Waals surface area contributed by atoms with Crippen LogP contribution in [-0.4, -0.2) is 17.6 Å². The minimum Gasteiger partial charge on any atom is -0.462 e. The van der Waals surface area contributed by atoms with E-state index >= 15 is 0 Å². The molecule has 4 heteroatoms. The number of unbranched alkanes of at least 4 members (excludes halogenated alkanes) is 1. The summed E-state index contributed by atoms with van der Waals surface area (Å²) in [5.41, 5.74) is 8.25. The van der Waals surface area contributed by atoms with E-state index in [0.29, 0.717) is 18.0 Å². The zero-order valence-electron chi connectivity index (χ0n) is 10.7. The number of anilines is 1. The van der Waals surface area contributed by atoms with Crippen LogP contribution in [0.3, 0.4) is 0 Å². The number of ether oxygens (including phenoxy) is 1. The molecule has 4 nitrogen and oxygen atoms in total. The normalized spacial score (nSPS) is 10.8. The van der Waals surface area contributed by atoms with Crippen LogP contribution in [0.1, 0.15) is 35.7 Å². The summed E-state index contributed by atoms with van der Waals surface area (Å²) in [6.07, 6.45) is 1.86. The number of nitrogens with two attached hydrogens (primary N) is 1. The lowest BCUT2D eigenvalue weighted by molar-refractivity contribution is 0.0503. The fraction of sp³-hybridized carbons (Fsp3) is 0.357. The first-order valence-electron chi connectivity index (χ1n) is 6.18. The quantitative estimate of drug-likeness (QED) is 0.643. The lowest BCUT2D eigenvalue weighted by Gasteiger charge is -2.03. The van der Waals surface area contributed by atoms with Gasteiger partial charge in [-0.05, 0) is 25.5 Å². The van der Waals surface area contributed by atoms with Crippen molar-refractivity contribution in [1.29, 1.82) is 0 Å². The van der Waals surface area contributed by atoms with Crippen LogP contribution in [0.5, 0.6) is 0 Å². The van der Waals surface area contributed by atoms with Crippen LogP contribution in [-0.2, 0) is 4.74 Å². The summed E-state index contributed by atoms with van der Waals surface area (Å²) in [5.74, 6) is 0.0231. The van der Waals surface area contributed by atoms with E-state index in [1.54, 1.807) is 0 Å². The van der Waals surface area contributed by atoms with E-state index in [-0.39, 0.29) is 5.97 Å². The molecule has 0 aliphatic heterocycles. The number of H-pyrrole nitrogens is 1. The van der Waals surface area contributed by atoms with E-state index in [9.17, 15) is 4.79 Å². The average molecular weight is 246 g/mol. The fourth-order valence-electron chi connectivity index (χ4n) is 1.93. The number of aromatic amines is 1. The van der Waals surface area contributed by atoms with E-state index in [2.05, 4.69) is 11.9 Å². The molecule has 0 bridgehead atoms. The maximum absolute atomic E-state index is 12.0. The van der Waals surface area contributed by atoms with Gasteiger partial charge in [0.15, 0.2) is 0 Å². The highest BCUT2D eigenvalue weighted by molar-refractivity contribution is 6.09. The van der Waals surface area contributed by atoms with Crippen molar-refractivity contribution in [2.75, 3.05) is 12.3 Å². The minimum absolute atomic E-state index is 0.349. The number of aromatic nitrogens is 1. The molecule has 0 amide bonds. The molecule has 1 aromatic heterocycles. The predicted molar refractivity (Wildman–Crippen MR) is 72.6 cm³/mol. The molecule has 0 aliphatic rings. The second-order valence-corrected chi connectivity index (χ2v) is 4.45. The number of carbonyl (C=O) groups is 1. The van der Waals surface area contributed by atoms with Crippen molar-refractivity contribution in [3.8, 4) is 0 Å². The molecule has 1 aromatic carbocycles. The Kier molecular flexibility index (Phi) is 3.55. The van der Waals surface area contributed by atoms with Crippen molar-refractivity contribution >= 4 is 22.7 Å². The number of rotatable bonds is 4. The molecule has 2 aromatic rings. The highest BCUT2D eigenvalue weighted by atomic mass is 16.5. The van der Waals surface area contributed by atoms with Gasteiger partial charge in [-0.3, -0.25) is 0 Å². The van der Waals surface area contributed by atoms with Gasteiger partial charge in [0.2, 0.25) is 0 Å². The number of nitrogens with one attached hydrogen (secondary N) is 1. The van der Waals surface area contributed by atoms with Crippen LogP contribution in [0, 0.1) is 6.92 Å². The minimum atomic E-state index is -0.349. The Labute approximate surface area is 106 Å². The summed E-state index contributed by atoms with van der Waals surface area (Å²) in [6.45, 7) is 4.47. The van der Waals surface area contributed by atoms with Gasteiger partial charge >= 0.3 is 5.97 Å². The Hall–Kier alpha value is -1.97. The van der Waals surface area contributed by atoms with Crippen molar-refractivity contribution in [3.05, 3.63) is 29.3 Å². The molecule has 0 saturated heterocycles. The zero-order chi connectivity index (χ0) is 13.1. The van der Waals surface area contributed by atoms with Crippen molar-refractivity contribution in [3.63, 3.8) is 0 Å². The molecule has 0 radical (unpaired) electrons. The molecular weight excluding hydrogens is 228 g/mol. The van der Waals surface area contributed by atoms with Crippen molar-refractivity contribution in [2.24, 2.45) is 0 Å². The number of aryl methyl sites for hydroxylation is 1. The predicted octanol–water partition coefficient (Wildman–Crippen LogP) is 3.02. The zero-order valence-corrected chi connectivity index (χ0v) is 10.7. The topological polar surface area (TPSA) is 68.1 Å². The number of hydrogen-bond donors (Lipinski definition) is 2. The number of carbonyl (C=O) groups excluding carboxylic acids is 1. The Bertz CT molecular complexity index is 572. The van der Waals surface area contributed by atoms with Gasteiger partial charge in [0.1, 0.15) is 11.4 Å². The van der Waals surface area contributed by atoms with Crippen molar-refractivity contribution < 1.29 is 9.53 Å². The van der Waals surface area contributed by atoms with Crippen LogP contribution in [0.25, 0.3) is 10.9 Å². The third-order valence-corrected chi connectivity index (χ3v) is 2.92. The molecule has 0 spiro atoms. The second kappa shape index (κ2) is 5.12. The summed E-state index contributed by atoms with van der Waals surface area (Å²) in [4.78, 5) is 15.0. The highest BCUT2D eigenvalue weighted by Crippen LogP contribution is 2.26. The van der Waals surface area contributed by atoms with Crippen LogP contribution < -0.4 is 5.73 Å². The SMILES string of the molecule is CCCCOC(=O)c1c(N)[nH]c2ccc(C)cc12. The highest BCUT2D eigenvalue weighted by Gasteiger charge is 2.18. The van der Waals surface area contributed by atoms with E-state index in [0.717, 1.165) is 29.3 Å². The third-order valence-electron chi connectivity index (χ3n) is 2.92. The van der Waals surface area contributed by atoms with Gasteiger partial charge in [-0.2, -0.15) is 0 Å². The fourth-order valence-corrected chi connectivity index (χ4v) is 1.93. The molecule has 96 valence electrons. The molecule has 0 aliphatic carbocycles. The first kappa shape index (κ1) is 12.5. The first-order chi connectivity index (χ1) is 8.63. The number of hydrogen-bond acceptors (Lipinski definition) is 3. The number of esters is 1. The Morgan fingerprint density at radius 3 is 2.94 bits per heavy atom. The molecule has 1 heterocycles. The summed E-state index contributed by atoms with van der Waals surface area (Å²) in [6, 6.07) is 5.84. The smallest absolute Gasteiger partial charge is 0.342 e. The Morgan fingerprint density at radius 2 is 2.22 bits per heavy atom. The van der Waals surface area contributed by atoms with Crippen LogP contribution in [0.15, 0.2) is 18.2 Å². The monoisotopic (exact) mass is 246 g/mol. The van der Waals surface area contributed by atoms with E-state index in [1.165, 1.54) is 0 Å². The van der Waals surface area contributed by atoms with Crippen molar-refractivity contribution in [1.82, 2.24) is 4.98 Å². The molecular formula is C14H18N2O2. The van der Waals surface area contributed by atoms with Gasteiger partial charge in [-0.15, -0.1) is 0 Å². The summed E-state index contributed by atoms with van der Waals surface area (Å²) >= 11 is 0. The van der Waals surface area contributed by atoms with E-state index in [1.807, 2.05) is 25.1 Å². The van der Waals surface area contributed by atoms with Crippen LogP contribution >= 0.6 is 0 Å². The molecule has 2 rings (SSSR count). The van der Waals surface area contributed by atoms with Crippen LogP contribution in [0.4, 0.5) is 5.82 Å². The molecule has 0 fully saturated rings. The number of benzene rings is 1. The third kappa shape index (κ3) is 2.32. The maximum Gasteiger partial charge on any atom is 0.342 e. The Morgan fingerprint density at radius 1 is 1.44 bits per heavy atom. The molecule has 0 atom stereocenters. The van der Waals surface area contributed by atoms with Gasteiger partial charge in [0, 0.05) is 10.9 Å². The van der Waals surface area contributed by atoms with Gasteiger partial charge in [-0.1, -0.05) is 25.0 Å². The summed E-state index contributed by atoms with van der Waals surface area (Å²) in [5, 5.41) is 0.828. The summed E-state index contributed by atoms with van der Waals surface area (Å²) in [7, 11) is 0. The standard InChI is InChI=1S/C14H18N2O2/c1-3-4-7-18-14(17)12-10-8-9(2)5-6-11(10)16-13(12)15/h5-6,8,16H,3-4,7,15H2,1-2H3. The van der Waals surface area contributed by atoms with Gasteiger partial charge in [0.25, 0.3) is 0 Å². The lowest BCUT2D eigenvalue weighted by atomic mass is 10.1. The largest absolute Gasteiger partial charge is 0.462 e. The average Bonchev–Trinajstić information content (AvgIpc) is 2.64. The van der Waals surface area contributed by atoms with Crippen molar-refractivity contribution in [2.45, 2.75) is 26.7 Å². The molecule has 3 N–H and O–H groups in total. The van der Waals surface area contributed by atoms with Gasteiger partial charge in [-0.25, -0.2) is 4.79 Å². The first-order valence-corrected chi connectivity index (χ1v) is 6.18. The van der Waals surface area contributed by atoms with E-state index in [4.69, 9.17) is 10.5 Å². The number of nitrogen functional groups attached to an aromatic ring is 1. The van der Waals surface area contributed by atoms with E-state index < -0.39 is 0 Å². The second-order valence-electron chi connectivity index (χ2n) is 4.45. The van der Waals surface area contributed by atoms with Gasteiger partial charge < -0.3 is 15.5 Å². The molecule has 0 unspecified atom stereocenters.